The number of benzene rings is 3. The van der Waals surface area contributed by atoms with Crippen molar-refractivity contribution >= 4 is 16.6 Å². The van der Waals surface area contributed by atoms with Gasteiger partial charge in [-0.15, -0.1) is 34.2 Å². The van der Waals surface area contributed by atoms with Crippen molar-refractivity contribution < 1.29 is 30.0 Å². The molecule has 0 aliphatic rings. The van der Waals surface area contributed by atoms with Crippen LogP contribution in [0.1, 0.15) is 72.1 Å². The van der Waals surface area contributed by atoms with E-state index in [0.29, 0.717) is 5.92 Å². The summed E-state index contributed by atoms with van der Waals surface area (Å²) >= 11 is 0. The van der Waals surface area contributed by atoms with E-state index in [2.05, 4.69) is 82.3 Å². The van der Waals surface area contributed by atoms with Gasteiger partial charge < -0.3 is 5.11 Å². The fraction of sp³-hybridized carbons (Fsp3) is 0.424. The molecule has 36 heavy (non-hydrogen) atoms. The zero-order chi connectivity index (χ0) is 26.6. The Bertz CT molecular complexity index is 1180. The van der Waals surface area contributed by atoms with E-state index >= 15 is 0 Å². The molecule has 0 amide bonds. The second-order valence-electron chi connectivity index (χ2n) is 12.0. The van der Waals surface area contributed by atoms with Gasteiger partial charge in [-0.25, -0.2) is 5.56 Å². The molecule has 0 saturated heterocycles. The Morgan fingerprint density at radius 1 is 0.917 bits per heavy atom. The summed E-state index contributed by atoms with van der Waals surface area (Å²) in [6, 6.07) is 22.3. The molecule has 2 nitrogen and oxygen atoms in total. The predicted molar refractivity (Wildman–Crippen MR) is 150 cm³/mol. The van der Waals surface area contributed by atoms with Crippen LogP contribution in [-0.4, -0.2) is 10.9 Å². The first-order valence-corrected chi connectivity index (χ1v) is 12.5. The van der Waals surface area contributed by atoms with Crippen molar-refractivity contribution in [2.24, 2.45) is 16.7 Å². The van der Waals surface area contributed by atoms with Gasteiger partial charge in [0.25, 0.3) is 0 Å². The van der Waals surface area contributed by atoms with Crippen LogP contribution >= 0.6 is 0 Å². The van der Waals surface area contributed by atoms with Gasteiger partial charge in [-0.3, -0.25) is 4.79 Å². The van der Waals surface area contributed by atoms with E-state index in [1.54, 1.807) is 0 Å². The monoisotopic (exact) mass is 663 g/mol. The summed E-state index contributed by atoms with van der Waals surface area (Å²) < 4.78 is 0. The Morgan fingerprint density at radius 2 is 1.50 bits per heavy atom. The molecule has 0 aromatic heterocycles. The van der Waals surface area contributed by atoms with E-state index in [0.717, 1.165) is 17.5 Å². The van der Waals surface area contributed by atoms with Crippen LogP contribution in [0, 0.1) is 42.7 Å². The smallest absolute Gasteiger partial charge is 0.164 e. The molecule has 0 saturated carbocycles. The van der Waals surface area contributed by atoms with E-state index in [1.807, 2.05) is 41.5 Å². The van der Waals surface area contributed by atoms with Crippen LogP contribution in [0.25, 0.3) is 21.9 Å². The molecule has 197 valence electrons. The van der Waals surface area contributed by atoms with Crippen molar-refractivity contribution in [2.45, 2.75) is 75.7 Å². The zero-order valence-corrected chi connectivity index (χ0v) is 26.0. The third-order valence-corrected chi connectivity index (χ3v) is 5.70. The van der Waals surface area contributed by atoms with Gasteiger partial charge in [0.1, 0.15) is 5.76 Å². The molecule has 0 atom stereocenters. The summed E-state index contributed by atoms with van der Waals surface area (Å²) in [5.74, 6) is 0.745. The average molecular weight is 663 g/mol. The van der Waals surface area contributed by atoms with E-state index in [1.165, 1.54) is 33.5 Å². The van der Waals surface area contributed by atoms with E-state index in [9.17, 15) is 9.90 Å². The van der Waals surface area contributed by atoms with Crippen molar-refractivity contribution in [3.8, 4) is 11.1 Å². The Kier molecular flexibility index (Phi) is 11.3. The van der Waals surface area contributed by atoms with Crippen LogP contribution in [0.15, 0.2) is 54.3 Å². The summed E-state index contributed by atoms with van der Waals surface area (Å²) in [6.07, 6.45) is 2.42. The maximum Gasteiger partial charge on any atom is 0.164 e. The molecule has 0 heterocycles. The largest absolute Gasteiger partial charge is 0.512 e. The van der Waals surface area contributed by atoms with Gasteiger partial charge in [0, 0.05) is 37.0 Å². The average Bonchev–Trinajstić information content (AvgIpc) is 2.71. The molecule has 3 aromatic rings. The predicted octanol–water partition coefficient (Wildman–Crippen LogP) is 9.01. The quantitative estimate of drug-likeness (QED) is 0.172. The molecule has 3 heteroatoms. The van der Waals surface area contributed by atoms with Gasteiger partial charge in [0.05, 0.1) is 0 Å². The van der Waals surface area contributed by atoms with E-state index in [4.69, 9.17) is 0 Å². The topological polar surface area (TPSA) is 37.3 Å². The van der Waals surface area contributed by atoms with Crippen molar-refractivity contribution in [1.29, 1.82) is 0 Å². The molecule has 3 aromatic carbocycles. The first-order valence-electron chi connectivity index (χ1n) is 12.5. The molecule has 0 bridgehead atoms. The first kappa shape index (κ1) is 31.8. The van der Waals surface area contributed by atoms with Crippen LogP contribution in [-0.2, 0) is 31.3 Å². The number of aliphatic hydroxyl groups excluding tert-OH is 1. The zero-order valence-electron chi connectivity index (χ0n) is 23.6. The maximum atomic E-state index is 11.5. The molecule has 0 unspecified atom stereocenters. The van der Waals surface area contributed by atoms with Crippen LogP contribution < -0.4 is 0 Å². The molecular formula is C33H42IrO2-2. The first-order chi connectivity index (χ1) is 16.1. The van der Waals surface area contributed by atoms with Crippen LogP contribution in [0.3, 0.4) is 0 Å². The molecule has 0 aliphatic heterocycles. The summed E-state index contributed by atoms with van der Waals surface area (Å²) in [7, 11) is 0. The van der Waals surface area contributed by atoms with E-state index in [-0.39, 0.29) is 37.1 Å². The van der Waals surface area contributed by atoms with Crippen molar-refractivity contribution in [3.63, 3.8) is 0 Å². The molecular weight excluding hydrogens is 621 g/mol. The third kappa shape index (κ3) is 9.34. The fourth-order valence-corrected chi connectivity index (χ4v) is 3.66. The van der Waals surface area contributed by atoms with Crippen molar-refractivity contribution in [1.82, 2.24) is 0 Å². The molecule has 0 fully saturated rings. The summed E-state index contributed by atoms with van der Waals surface area (Å²) in [4.78, 5) is 11.5. The number of hydrogen-bond acceptors (Lipinski definition) is 2. The van der Waals surface area contributed by atoms with Gasteiger partial charge in [-0.05, 0) is 12.3 Å². The van der Waals surface area contributed by atoms with Crippen LogP contribution in [0.5, 0.6) is 0 Å². The Balaban J connectivity index is 0.000000402. The number of carbonyl (C=O) groups is 1. The van der Waals surface area contributed by atoms with E-state index < -0.39 is 5.41 Å². The van der Waals surface area contributed by atoms with Crippen molar-refractivity contribution in [2.75, 3.05) is 0 Å². The van der Waals surface area contributed by atoms with Gasteiger partial charge in [-0.2, -0.15) is 29.8 Å². The van der Waals surface area contributed by atoms with Gasteiger partial charge in [-0.1, -0.05) is 92.8 Å². The van der Waals surface area contributed by atoms with Gasteiger partial charge in [0.2, 0.25) is 0 Å². The summed E-state index contributed by atoms with van der Waals surface area (Å²) in [5.41, 5.74) is 5.40. The number of rotatable bonds is 4. The number of fused-ring (bicyclic) bond motifs is 1. The van der Waals surface area contributed by atoms with Crippen LogP contribution in [0.4, 0.5) is 0 Å². The van der Waals surface area contributed by atoms with Crippen molar-refractivity contribution in [3.05, 3.63) is 83.1 Å². The number of hydrogen-bond donors (Lipinski definition) is 1. The summed E-state index contributed by atoms with van der Waals surface area (Å²) in [5, 5.41) is 12.1. The Morgan fingerprint density at radius 3 is 2.03 bits per heavy atom. The normalized spacial score (nSPS) is 12.1. The number of ketones is 1. The second-order valence-corrected chi connectivity index (χ2v) is 12.0. The molecule has 0 spiro atoms. The molecule has 3 rings (SSSR count). The van der Waals surface area contributed by atoms with Crippen LogP contribution in [0.2, 0.25) is 0 Å². The molecule has 1 radical (unpaired) electrons. The fourth-order valence-electron chi connectivity index (χ4n) is 3.66. The number of carbonyl (C=O) groups excluding carboxylic acids is 1. The third-order valence-electron chi connectivity index (χ3n) is 5.70. The Labute approximate surface area is 232 Å². The standard InChI is InChI=1S/C22H22.C11H20O2.Ir/c1-15(2)9-21-14-20(13-18-7-5-6-8-22(18)21)19-11-16(3)10-17(4)12-19;1-10(2,3)8(12)7-9(13)11(4,5)6;/h5-8,10-11,14-15H,9H2,1-4H3;7,12H,1-6H3;/q-2;;/b;8-7-;. The number of allylic oxidation sites excluding steroid dienone is 2. The SMILES string of the molecule is CC(C)(C)C(=O)/C=C(\O)C(C)(C)C.Cc1[c-]c(-c2[c-]c3ccccc3c(CC(C)C)c2)cc(C)c1.[Ir]. The second kappa shape index (κ2) is 12.8. The minimum Gasteiger partial charge on any atom is -0.512 e. The minimum atomic E-state index is -0.417. The summed E-state index contributed by atoms with van der Waals surface area (Å²) in [6.45, 7) is 19.9. The van der Waals surface area contributed by atoms with Gasteiger partial charge >= 0.3 is 0 Å². The maximum absolute atomic E-state index is 11.5. The number of aryl methyl sites for hydroxylation is 2. The minimum absolute atomic E-state index is 0. The molecule has 0 aliphatic carbocycles. The molecule has 1 N–H and O–H groups in total. The Hall–Kier alpha value is -2.22. The van der Waals surface area contributed by atoms with Gasteiger partial charge in [0.15, 0.2) is 5.78 Å². The number of aliphatic hydroxyl groups is 1.